The fourth-order valence-electron chi connectivity index (χ4n) is 2.09. The van der Waals surface area contributed by atoms with Crippen LogP contribution in [-0.2, 0) is 0 Å². The van der Waals surface area contributed by atoms with Crippen LogP contribution in [0.3, 0.4) is 0 Å². The Morgan fingerprint density at radius 3 is 2.70 bits per heavy atom. The Bertz CT molecular complexity index is 427. The molecular weight excluding hydrogens is 276 g/mol. The number of hydrogen-bond donors (Lipinski definition) is 3. The van der Waals surface area contributed by atoms with Gasteiger partial charge in [-0.25, -0.2) is 0 Å². The number of aliphatic hydroxyl groups excluding tert-OH is 1. The van der Waals surface area contributed by atoms with E-state index < -0.39 is 6.10 Å². The first-order chi connectivity index (χ1) is 9.54. The Hall–Kier alpha value is -0.810. The van der Waals surface area contributed by atoms with Gasteiger partial charge in [0, 0.05) is 16.6 Å². The molecule has 4 N–H and O–H groups in total. The molecule has 4 nitrogen and oxygen atoms in total. The normalized spacial score (nSPS) is 14.1. The summed E-state index contributed by atoms with van der Waals surface area (Å²) in [5.74, 6) is 0.693. The molecule has 20 heavy (non-hydrogen) atoms. The van der Waals surface area contributed by atoms with Crippen LogP contribution in [0.4, 0.5) is 0 Å². The maximum atomic E-state index is 10.6. The maximum Gasteiger partial charge on any atom is 0.125 e. The fourth-order valence-corrected chi connectivity index (χ4v) is 2.27. The number of benzene rings is 1. The molecule has 0 aliphatic carbocycles. The average molecular weight is 301 g/mol. The maximum absolute atomic E-state index is 10.6. The number of aliphatic hydroxyl groups is 1. The van der Waals surface area contributed by atoms with E-state index in [9.17, 15) is 5.11 Å². The molecule has 1 aromatic carbocycles. The molecule has 1 rings (SSSR count). The van der Waals surface area contributed by atoms with Gasteiger partial charge in [-0.2, -0.15) is 0 Å². The highest BCUT2D eigenvalue weighted by Gasteiger charge is 2.23. The van der Waals surface area contributed by atoms with E-state index in [4.69, 9.17) is 22.1 Å². The van der Waals surface area contributed by atoms with Gasteiger partial charge in [0.05, 0.1) is 12.7 Å². The molecule has 0 fully saturated rings. The number of hydrogen-bond acceptors (Lipinski definition) is 4. The summed E-state index contributed by atoms with van der Waals surface area (Å²) in [7, 11) is 1.81. The lowest BCUT2D eigenvalue weighted by Gasteiger charge is -2.25. The van der Waals surface area contributed by atoms with Crippen LogP contribution in [0.5, 0.6) is 5.75 Å². The predicted molar refractivity (Wildman–Crippen MR) is 83.5 cm³/mol. The zero-order chi connectivity index (χ0) is 15.1. The van der Waals surface area contributed by atoms with Gasteiger partial charge < -0.3 is 20.9 Å². The summed E-state index contributed by atoms with van der Waals surface area (Å²) in [6.45, 7) is 5.09. The minimum Gasteiger partial charge on any atom is -0.493 e. The molecule has 2 unspecified atom stereocenters. The molecule has 2 atom stereocenters. The van der Waals surface area contributed by atoms with Crippen molar-refractivity contribution in [2.24, 2.45) is 5.73 Å². The number of rotatable bonds is 8. The minimum absolute atomic E-state index is 0.122. The van der Waals surface area contributed by atoms with Crippen LogP contribution in [0.15, 0.2) is 12.1 Å². The summed E-state index contributed by atoms with van der Waals surface area (Å²) in [6, 6.07) is 3.54. The summed E-state index contributed by atoms with van der Waals surface area (Å²) in [6.07, 6.45) is 0.889. The van der Waals surface area contributed by atoms with Crippen LogP contribution in [0, 0.1) is 6.92 Å². The van der Waals surface area contributed by atoms with Crippen molar-refractivity contribution in [3.63, 3.8) is 0 Å². The van der Waals surface area contributed by atoms with Crippen LogP contribution in [0.1, 0.15) is 37.0 Å². The van der Waals surface area contributed by atoms with Gasteiger partial charge in [0.2, 0.25) is 0 Å². The molecule has 0 aliphatic heterocycles. The molecular formula is C15H25ClN2O2. The van der Waals surface area contributed by atoms with Gasteiger partial charge in [-0.1, -0.05) is 18.5 Å². The van der Waals surface area contributed by atoms with Crippen molar-refractivity contribution in [2.45, 2.75) is 38.8 Å². The summed E-state index contributed by atoms with van der Waals surface area (Å²) in [5.41, 5.74) is 7.23. The highest BCUT2D eigenvalue weighted by atomic mass is 35.5. The fraction of sp³-hybridized carbons (Fsp3) is 0.600. The molecule has 0 aromatic heterocycles. The van der Waals surface area contributed by atoms with Crippen molar-refractivity contribution in [1.82, 2.24) is 5.32 Å². The summed E-state index contributed by atoms with van der Waals surface area (Å²) in [5, 5.41) is 14.3. The number of nitrogens with one attached hydrogen (secondary N) is 1. The van der Waals surface area contributed by atoms with Crippen LogP contribution in [-0.4, -0.2) is 31.3 Å². The lowest BCUT2D eigenvalue weighted by molar-refractivity contribution is 0.124. The van der Waals surface area contributed by atoms with Gasteiger partial charge in [0.15, 0.2) is 0 Å². The van der Waals surface area contributed by atoms with E-state index in [0.29, 0.717) is 35.9 Å². The van der Waals surface area contributed by atoms with Gasteiger partial charge in [0.1, 0.15) is 5.75 Å². The van der Waals surface area contributed by atoms with E-state index >= 15 is 0 Å². The van der Waals surface area contributed by atoms with E-state index in [2.05, 4.69) is 5.32 Å². The number of ether oxygens (including phenoxy) is 1. The predicted octanol–water partition coefficient (Wildman–Crippen LogP) is 2.41. The van der Waals surface area contributed by atoms with Crippen molar-refractivity contribution in [3.05, 3.63) is 28.3 Å². The van der Waals surface area contributed by atoms with E-state index in [1.54, 1.807) is 6.07 Å². The second-order valence-corrected chi connectivity index (χ2v) is 5.31. The largest absolute Gasteiger partial charge is 0.493 e. The van der Waals surface area contributed by atoms with Gasteiger partial charge in [-0.3, -0.25) is 0 Å². The zero-order valence-corrected chi connectivity index (χ0v) is 13.2. The van der Waals surface area contributed by atoms with Crippen LogP contribution >= 0.6 is 11.6 Å². The second-order valence-electron chi connectivity index (χ2n) is 4.91. The molecule has 0 saturated heterocycles. The van der Waals surface area contributed by atoms with Crippen molar-refractivity contribution in [3.8, 4) is 5.75 Å². The lowest BCUT2D eigenvalue weighted by Crippen LogP contribution is -2.34. The Morgan fingerprint density at radius 1 is 1.45 bits per heavy atom. The lowest BCUT2D eigenvalue weighted by atomic mass is 9.97. The zero-order valence-electron chi connectivity index (χ0n) is 12.4. The molecule has 5 heteroatoms. The smallest absolute Gasteiger partial charge is 0.125 e. The topological polar surface area (TPSA) is 67.5 Å². The molecule has 1 aromatic rings. The number of nitrogens with two attached hydrogens (primary N) is 1. The van der Waals surface area contributed by atoms with Crippen LogP contribution in [0.2, 0.25) is 5.02 Å². The van der Waals surface area contributed by atoms with Gasteiger partial charge in [-0.15, -0.1) is 0 Å². The Morgan fingerprint density at radius 2 is 2.15 bits per heavy atom. The first kappa shape index (κ1) is 17.2. The average Bonchev–Trinajstić information content (AvgIpc) is 2.44. The quantitative estimate of drug-likeness (QED) is 0.690. The number of likely N-dealkylation sites (N-methyl/N-ethyl adjacent to an activating group) is 1. The summed E-state index contributed by atoms with van der Waals surface area (Å²) >= 11 is 6.18. The van der Waals surface area contributed by atoms with Crippen molar-refractivity contribution < 1.29 is 9.84 Å². The molecule has 0 bridgehead atoms. The highest BCUT2D eigenvalue weighted by Crippen LogP contribution is 2.33. The van der Waals surface area contributed by atoms with E-state index in [0.717, 1.165) is 12.0 Å². The molecule has 0 saturated carbocycles. The molecule has 0 spiro atoms. The summed E-state index contributed by atoms with van der Waals surface area (Å²) in [4.78, 5) is 0. The van der Waals surface area contributed by atoms with Crippen LogP contribution < -0.4 is 15.8 Å². The van der Waals surface area contributed by atoms with Gasteiger partial charge >= 0.3 is 0 Å². The molecule has 0 heterocycles. The van der Waals surface area contributed by atoms with E-state index in [1.165, 1.54) is 0 Å². The standard InChI is InChI=1S/C15H25ClN2O2/c1-4-7-20-14-8-10(2)12(16)9-11(14)15(19)13(18-3)5-6-17/h8-9,13,15,18-19H,4-7,17H2,1-3H3. The molecule has 0 radical (unpaired) electrons. The van der Waals surface area contributed by atoms with Crippen LogP contribution in [0.25, 0.3) is 0 Å². The minimum atomic E-state index is -0.700. The second kappa shape index (κ2) is 8.47. The first-order valence-corrected chi connectivity index (χ1v) is 7.41. The molecule has 0 amide bonds. The Kier molecular flexibility index (Phi) is 7.30. The third kappa shape index (κ3) is 4.35. The SMILES string of the molecule is CCCOc1cc(C)c(Cl)cc1C(O)C(CCN)NC. The van der Waals surface area contributed by atoms with E-state index in [-0.39, 0.29) is 6.04 Å². The molecule has 114 valence electrons. The van der Waals surface area contributed by atoms with Crippen molar-refractivity contribution in [2.75, 3.05) is 20.2 Å². The van der Waals surface area contributed by atoms with Crippen molar-refractivity contribution in [1.29, 1.82) is 0 Å². The number of halogens is 1. The first-order valence-electron chi connectivity index (χ1n) is 7.03. The Labute approximate surface area is 126 Å². The molecule has 0 aliphatic rings. The monoisotopic (exact) mass is 300 g/mol. The van der Waals surface area contributed by atoms with Gasteiger partial charge in [-0.05, 0) is 51.1 Å². The van der Waals surface area contributed by atoms with Crippen molar-refractivity contribution >= 4 is 11.6 Å². The number of aryl methyl sites for hydroxylation is 1. The third-order valence-electron chi connectivity index (χ3n) is 3.30. The Balaban J connectivity index is 3.09. The third-order valence-corrected chi connectivity index (χ3v) is 3.71. The highest BCUT2D eigenvalue weighted by molar-refractivity contribution is 6.31. The van der Waals surface area contributed by atoms with E-state index in [1.807, 2.05) is 27.0 Å². The van der Waals surface area contributed by atoms with Gasteiger partial charge in [0.25, 0.3) is 0 Å². The summed E-state index contributed by atoms with van der Waals surface area (Å²) < 4.78 is 5.74.